The van der Waals surface area contributed by atoms with Gasteiger partial charge in [-0.3, -0.25) is 0 Å². The lowest BCUT2D eigenvalue weighted by Crippen LogP contribution is -2.60. The predicted molar refractivity (Wildman–Crippen MR) is 116 cm³/mol. The summed E-state index contributed by atoms with van der Waals surface area (Å²) in [6.07, 6.45) is 12.7. The topological polar surface area (TPSA) is 48.9 Å². The minimum Gasteiger partial charge on any atom is -0.246 e. The molecule has 0 amide bonds. The Labute approximate surface area is 177 Å². The van der Waals surface area contributed by atoms with Gasteiger partial charge in [0.25, 0.3) is 0 Å². The largest absolute Gasteiger partial charge is 0.348 e. The molecule has 0 aromatic carbocycles. The minimum atomic E-state index is -0.0570. The third-order valence-corrected chi connectivity index (χ3v) is 11.3. The molecule has 1 aromatic heterocycles. The molecule has 1 aromatic rings. The van der Waals surface area contributed by atoms with Crippen LogP contribution < -0.4 is 11.4 Å². The zero-order chi connectivity index (χ0) is 20.8. The molecule has 2 fully saturated rings. The van der Waals surface area contributed by atoms with E-state index in [1.54, 1.807) is 15.7 Å². The number of allylic oxidation sites excluding steroid dienone is 4. The Morgan fingerprint density at radius 1 is 0.967 bits per heavy atom. The maximum Gasteiger partial charge on any atom is 0.348 e. The predicted octanol–water partition coefficient (Wildman–Crippen LogP) is 4.37. The van der Waals surface area contributed by atoms with Crippen molar-refractivity contribution in [3.05, 3.63) is 44.3 Å². The van der Waals surface area contributed by atoms with Crippen LogP contribution in [0.4, 0.5) is 0 Å². The van der Waals surface area contributed by atoms with Gasteiger partial charge < -0.3 is 0 Å². The van der Waals surface area contributed by atoms with E-state index in [9.17, 15) is 9.59 Å². The first-order chi connectivity index (χ1) is 14.2. The Bertz CT molecular complexity index is 1180. The highest BCUT2D eigenvalue weighted by Crippen LogP contribution is 2.70. The fourth-order valence-electron chi connectivity index (χ4n) is 9.20. The molecule has 7 atom stereocenters. The molecule has 5 heteroatoms. The van der Waals surface area contributed by atoms with Crippen LogP contribution in [0, 0.1) is 28.1 Å². The molecule has 0 N–H and O–H groups in total. The summed E-state index contributed by atoms with van der Waals surface area (Å²) in [5.74, 6) is 1.01. The molecule has 160 valence electrons. The second-order valence-corrected chi connectivity index (χ2v) is 12.0. The van der Waals surface area contributed by atoms with Crippen LogP contribution >= 0.6 is 0 Å². The first-order valence-corrected chi connectivity index (χ1v) is 12.1. The number of hydrogen-bond acceptors (Lipinski definition) is 2. The Balaban J connectivity index is 1.42. The summed E-state index contributed by atoms with van der Waals surface area (Å²) in [7, 11) is 0. The van der Waals surface area contributed by atoms with Crippen molar-refractivity contribution in [2.75, 3.05) is 0 Å². The first-order valence-electron chi connectivity index (χ1n) is 12.1. The summed E-state index contributed by atoms with van der Waals surface area (Å²) in [6.45, 7) is 9.40. The maximum atomic E-state index is 13.9. The number of rotatable bonds is 1. The van der Waals surface area contributed by atoms with Crippen molar-refractivity contribution >= 4 is 0 Å². The molecule has 2 saturated carbocycles. The molecule has 7 aliphatic rings. The SMILES string of the molecule is CC1(C)[C@@H]2CC[C@]1(C)[C@@H](n1c(=O)n3n(c1=O)[C@@H]1C=C[C@@H]3[C@H]3C4=C(CCCC4)[C@@]31C)C2. The summed E-state index contributed by atoms with van der Waals surface area (Å²) < 4.78 is 5.42. The quantitative estimate of drug-likeness (QED) is 0.649. The molecule has 8 rings (SSSR count). The van der Waals surface area contributed by atoms with Crippen LogP contribution in [-0.2, 0) is 0 Å². The fourth-order valence-corrected chi connectivity index (χ4v) is 9.20. The van der Waals surface area contributed by atoms with Gasteiger partial charge in [0.2, 0.25) is 0 Å². The molecule has 2 aliphatic heterocycles. The van der Waals surface area contributed by atoms with E-state index in [1.807, 2.05) is 9.36 Å². The van der Waals surface area contributed by atoms with Crippen LogP contribution in [0.3, 0.4) is 0 Å². The molecule has 0 spiro atoms. The Morgan fingerprint density at radius 2 is 1.70 bits per heavy atom. The zero-order valence-corrected chi connectivity index (χ0v) is 18.6. The molecular formula is C25H33N3O2. The van der Waals surface area contributed by atoms with Gasteiger partial charge in [0.1, 0.15) is 0 Å². The summed E-state index contributed by atoms with van der Waals surface area (Å²) in [6, 6.07) is 0.0345. The summed E-state index contributed by atoms with van der Waals surface area (Å²) in [5, 5.41) is 0. The average Bonchev–Trinajstić information content (AvgIpc) is 3.19. The summed E-state index contributed by atoms with van der Waals surface area (Å²) in [5.41, 5.74) is 3.32. The lowest BCUT2D eigenvalue weighted by molar-refractivity contribution is 0.0188. The van der Waals surface area contributed by atoms with E-state index in [1.165, 1.54) is 32.1 Å². The summed E-state index contributed by atoms with van der Waals surface area (Å²) in [4.78, 5) is 27.7. The highest BCUT2D eigenvalue weighted by molar-refractivity contribution is 5.47. The highest BCUT2D eigenvalue weighted by Gasteiger charge is 2.65. The first kappa shape index (κ1) is 17.9. The average molecular weight is 408 g/mol. The minimum absolute atomic E-state index is 0.00907. The smallest absolute Gasteiger partial charge is 0.246 e. The molecule has 0 saturated heterocycles. The van der Waals surface area contributed by atoms with Crippen LogP contribution in [-0.4, -0.2) is 13.9 Å². The molecule has 30 heavy (non-hydrogen) atoms. The van der Waals surface area contributed by atoms with Crippen LogP contribution in [0.1, 0.15) is 90.8 Å². The Hall–Kier alpha value is -1.78. The van der Waals surface area contributed by atoms with Gasteiger partial charge >= 0.3 is 11.4 Å². The van der Waals surface area contributed by atoms with Crippen LogP contribution in [0.25, 0.3) is 0 Å². The number of hydrogen-bond donors (Lipinski definition) is 0. The zero-order valence-electron chi connectivity index (χ0n) is 18.6. The van der Waals surface area contributed by atoms with Gasteiger partial charge in [-0.05, 0) is 61.7 Å². The van der Waals surface area contributed by atoms with Crippen molar-refractivity contribution in [2.45, 2.75) is 90.8 Å². The number of nitrogens with zero attached hydrogens (tertiary/aromatic N) is 3. The monoisotopic (exact) mass is 407 g/mol. The molecule has 3 heterocycles. The van der Waals surface area contributed by atoms with Crippen molar-refractivity contribution in [1.29, 1.82) is 0 Å². The van der Waals surface area contributed by atoms with Crippen LogP contribution in [0.2, 0.25) is 0 Å². The van der Waals surface area contributed by atoms with E-state index in [-0.39, 0.29) is 45.7 Å². The van der Waals surface area contributed by atoms with Gasteiger partial charge in [0.15, 0.2) is 0 Å². The Morgan fingerprint density at radius 3 is 2.40 bits per heavy atom. The van der Waals surface area contributed by atoms with Crippen LogP contribution in [0.15, 0.2) is 32.9 Å². The summed E-state index contributed by atoms with van der Waals surface area (Å²) >= 11 is 0. The van der Waals surface area contributed by atoms with Crippen molar-refractivity contribution in [1.82, 2.24) is 13.9 Å². The second kappa shape index (κ2) is 4.99. The Kier molecular flexibility index (Phi) is 2.97. The van der Waals surface area contributed by atoms with Gasteiger partial charge in [0.05, 0.1) is 12.1 Å². The normalized spacial score (nSPS) is 46.6. The van der Waals surface area contributed by atoms with Crippen molar-refractivity contribution in [2.24, 2.45) is 28.1 Å². The van der Waals surface area contributed by atoms with Gasteiger partial charge in [-0.25, -0.2) is 23.5 Å². The number of aromatic nitrogens is 3. The second-order valence-electron chi connectivity index (χ2n) is 12.0. The van der Waals surface area contributed by atoms with Gasteiger partial charge in [-0.15, -0.1) is 0 Å². The standard InChI is InChI=1S/C25H33N3O2/c1-23(2)14-11-12-24(23,3)19(13-14)26-21(29)27-17-9-10-18(28(27)22(26)30)25(4)16-8-6-5-7-15(16)20(17)25/h9-10,14,17-20H,5-8,11-13H2,1-4H3/t14-,17-,18-,19+,20-,24-,25-/m1/s1. The van der Waals surface area contributed by atoms with E-state index in [0.29, 0.717) is 11.8 Å². The van der Waals surface area contributed by atoms with E-state index < -0.39 is 0 Å². The molecule has 0 radical (unpaired) electrons. The lowest BCUT2D eigenvalue weighted by atomic mass is 9.46. The molecule has 4 bridgehead atoms. The molecule has 5 aliphatic carbocycles. The fraction of sp³-hybridized carbons (Fsp3) is 0.760. The third kappa shape index (κ3) is 1.57. The van der Waals surface area contributed by atoms with Crippen molar-refractivity contribution < 1.29 is 0 Å². The van der Waals surface area contributed by atoms with E-state index >= 15 is 0 Å². The van der Waals surface area contributed by atoms with E-state index in [4.69, 9.17) is 0 Å². The highest BCUT2D eigenvalue weighted by atomic mass is 16.2. The molecule has 0 unspecified atom stereocenters. The van der Waals surface area contributed by atoms with Gasteiger partial charge in [-0.2, -0.15) is 0 Å². The lowest BCUT2D eigenvalue weighted by Gasteiger charge is -2.63. The van der Waals surface area contributed by atoms with Crippen LogP contribution in [0.5, 0.6) is 0 Å². The third-order valence-electron chi connectivity index (χ3n) is 11.3. The van der Waals surface area contributed by atoms with E-state index in [2.05, 4.69) is 39.8 Å². The molecule has 5 nitrogen and oxygen atoms in total. The maximum absolute atomic E-state index is 13.9. The van der Waals surface area contributed by atoms with E-state index in [0.717, 1.165) is 12.8 Å². The van der Waals surface area contributed by atoms with Gasteiger partial charge in [-0.1, -0.05) is 51.0 Å². The van der Waals surface area contributed by atoms with Gasteiger partial charge in [0, 0.05) is 17.4 Å². The van der Waals surface area contributed by atoms with Crippen molar-refractivity contribution in [3.63, 3.8) is 0 Å². The molecular weight excluding hydrogens is 374 g/mol. The number of fused-ring (bicyclic) bond motifs is 2. The van der Waals surface area contributed by atoms with Crippen molar-refractivity contribution in [3.8, 4) is 0 Å².